The molecule has 0 spiro atoms. The highest BCUT2D eigenvalue weighted by molar-refractivity contribution is 7.13. The molecule has 1 saturated heterocycles. The lowest BCUT2D eigenvalue weighted by Crippen LogP contribution is -2.41. The van der Waals surface area contributed by atoms with Gasteiger partial charge in [0.2, 0.25) is 5.91 Å². The Labute approximate surface area is 185 Å². The van der Waals surface area contributed by atoms with Crippen molar-refractivity contribution in [3.05, 3.63) is 65.7 Å². The average Bonchev–Trinajstić information content (AvgIpc) is 3.50. The van der Waals surface area contributed by atoms with Crippen molar-refractivity contribution in [3.8, 4) is 10.6 Å². The maximum absolute atomic E-state index is 12.6. The largest absolute Gasteiger partial charge is 0.361 e. The van der Waals surface area contributed by atoms with Crippen LogP contribution in [0.15, 0.2) is 60.1 Å². The van der Waals surface area contributed by atoms with Crippen LogP contribution < -0.4 is 10.2 Å². The molecule has 1 aromatic carbocycles. The number of aromatic nitrogens is 3. The molecule has 0 unspecified atom stereocenters. The Balaban J connectivity index is 1.10. The number of para-hydroxylation sites is 1. The zero-order valence-corrected chi connectivity index (χ0v) is 18.1. The Kier molecular flexibility index (Phi) is 5.67. The fourth-order valence-corrected chi connectivity index (χ4v) is 4.91. The molecule has 0 radical (unpaired) electrons. The standard InChI is InChI=1S/C24H25N5OS/c30-24(25-12-9-18-16-26-20-5-2-1-4-19(18)20)17-10-13-29(14-11-17)23-8-7-21(27-28-23)22-6-3-15-31-22/h1-8,15-17,26H,9-14H2,(H,25,30). The number of hydrogen-bond donors (Lipinski definition) is 2. The van der Waals surface area contributed by atoms with Crippen LogP contribution in [0.5, 0.6) is 0 Å². The summed E-state index contributed by atoms with van der Waals surface area (Å²) in [4.78, 5) is 19.3. The fourth-order valence-electron chi connectivity index (χ4n) is 4.22. The quantitative estimate of drug-likeness (QED) is 0.478. The molecule has 31 heavy (non-hydrogen) atoms. The molecule has 7 heteroatoms. The van der Waals surface area contributed by atoms with E-state index in [-0.39, 0.29) is 11.8 Å². The van der Waals surface area contributed by atoms with Gasteiger partial charge in [0, 0.05) is 42.7 Å². The van der Waals surface area contributed by atoms with Crippen molar-refractivity contribution in [2.75, 3.05) is 24.5 Å². The van der Waals surface area contributed by atoms with Gasteiger partial charge in [-0.1, -0.05) is 24.3 Å². The summed E-state index contributed by atoms with van der Waals surface area (Å²) in [6.45, 7) is 2.32. The van der Waals surface area contributed by atoms with Crippen molar-refractivity contribution in [1.82, 2.24) is 20.5 Å². The van der Waals surface area contributed by atoms with Crippen LogP contribution in [0, 0.1) is 5.92 Å². The van der Waals surface area contributed by atoms with Crippen LogP contribution in [0.1, 0.15) is 18.4 Å². The van der Waals surface area contributed by atoms with Gasteiger partial charge in [-0.2, -0.15) is 0 Å². The van der Waals surface area contributed by atoms with Gasteiger partial charge in [-0.05, 0) is 54.5 Å². The number of H-pyrrole nitrogens is 1. The Hall–Kier alpha value is -3.19. The summed E-state index contributed by atoms with van der Waals surface area (Å²) in [5, 5.41) is 15.2. The van der Waals surface area contributed by atoms with Gasteiger partial charge in [-0.15, -0.1) is 21.5 Å². The zero-order valence-electron chi connectivity index (χ0n) is 17.3. The maximum atomic E-state index is 12.6. The van der Waals surface area contributed by atoms with Gasteiger partial charge in [0.25, 0.3) is 0 Å². The number of thiophene rings is 1. The lowest BCUT2D eigenvalue weighted by Gasteiger charge is -2.31. The van der Waals surface area contributed by atoms with E-state index in [1.54, 1.807) is 11.3 Å². The first kappa shape index (κ1) is 19.8. The van der Waals surface area contributed by atoms with Gasteiger partial charge < -0.3 is 15.2 Å². The summed E-state index contributed by atoms with van der Waals surface area (Å²) in [6, 6.07) is 16.4. The summed E-state index contributed by atoms with van der Waals surface area (Å²) in [7, 11) is 0. The average molecular weight is 432 g/mol. The highest BCUT2D eigenvalue weighted by atomic mass is 32.1. The summed E-state index contributed by atoms with van der Waals surface area (Å²) >= 11 is 1.66. The second-order valence-corrected chi connectivity index (χ2v) is 8.86. The van der Waals surface area contributed by atoms with E-state index in [1.165, 1.54) is 10.9 Å². The van der Waals surface area contributed by atoms with Crippen LogP contribution >= 0.6 is 11.3 Å². The first-order chi connectivity index (χ1) is 15.3. The van der Waals surface area contributed by atoms with Crippen LogP contribution in [0.3, 0.4) is 0 Å². The molecular weight excluding hydrogens is 406 g/mol. The predicted octanol–water partition coefficient (Wildman–Crippen LogP) is 4.26. The summed E-state index contributed by atoms with van der Waals surface area (Å²) in [6.07, 6.45) is 4.56. The van der Waals surface area contributed by atoms with E-state index in [1.807, 2.05) is 41.9 Å². The van der Waals surface area contributed by atoms with Crippen molar-refractivity contribution >= 4 is 34.0 Å². The Morgan fingerprint density at radius 1 is 1.10 bits per heavy atom. The van der Waals surface area contributed by atoms with Crippen molar-refractivity contribution in [2.45, 2.75) is 19.3 Å². The molecule has 1 aliphatic heterocycles. The lowest BCUT2D eigenvalue weighted by molar-refractivity contribution is -0.125. The molecule has 0 saturated carbocycles. The van der Waals surface area contributed by atoms with E-state index < -0.39 is 0 Å². The number of aromatic amines is 1. The smallest absolute Gasteiger partial charge is 0.223 e. The van der Waals surface area contributed by atoms with Crippen LogP contribution in [-0.4, -0.2) is 40.7 Å². The van der Waals surface area contributed by atoms with Crippen LogP contribution in [-0.2, 0) is 11.2 Å². The number of carbonyl (C=O) groups excluding carboxylic acids is 1. The molecule has 0 atom stereocenters. The normalized spacial score (nSPS) is 14.8. The monoisotopic (exact) mass is 431 g/mol. The topological polar surface area (TPSA) is 73.9 Å². The van der Waals surface area contributed by atoms with E-state index in [4.69, 9.17) is 0 Å². The highest BCUT2D eigenvalue weighted by Crippen LogP contribution is 2.25. The molecule has 5 rings (SSSR count). The Morgan fingerprint density at radius 2 is 1.97 bits per heavy atom. The second kappa shape index (κ2) is 8.89. The number of nitrogens with one attached hydrogen (secondary N) is 2. The lowest BCUT2D eigenvalue weighted by atomic mass is 9.96. The van der Waals surface area contributed by atoms with Gasteiger partial charge in [0.05, 0.1) is 4.88 Å². The molecule has 0 aliphatic carbocycles. The number of amides is 1. The summed E-state index contributed by atoms with van der Waals surface area (Å²) in [5.74, 6) is 1.12. The first-order valence-electron chi connectivity index (χ1n) is 10.7. The minimum Gasteiger partial charge on any atom is -0.361 e. The third-order valence-corrected chi connectivity index (χ3v) is 6.87. The molecule has 2 N–H and O–H groups in total. The van der Waals surface area contributed by atoms with Crippen molar-refractivity contribution in [3.63, 3.8) is 0 Å². The molecule has 158 valence electrons. The molecule has 1 amide bonds. The molecule has 0 bridgehead atoms. The van der Waals surface area contributed by atoms with Crippen molar-refractivity contribution in [1.29, 1.82) is 0 Å². The number of carbonyl (C=O) groups is 1. The van der Waals surface area contributed by atoms with E-state index in [0.29, 0.717) is 6.54 Å². The zero-order chi connectivity index (χ0) is 21.0. The van der Waals surface area contributed by atoms with Crippen LogP contribution in [0.2, 0.25) is 0 Å². The molecule has 3 aromatic heterocycles. The minimum atomic E-state index is 0.0672. The van der Waals surface area contributed by atoms with E-state index in [2.05, 4.69) is 43.6 Å². The van der Waals surface area contributed by atoms with Crippen molar-refractivity contribution in [2.24, 2.45) is 5.92 Å². The van der Waals surface area contributed by atoms with E-state index >= 15 is 0 Å². The summed E-state index contributed by atoms with van der Waals surface area (Å²) in [5.41, 5.74) is 3.29. The van der Waals surface area contributed by atoms with Gasteiger partial charge in [-0.25, -0.2) is 0 Å². The third-order valence-electron chi connectivity index (χ3n) is 5.98. The Bertz CT molecular complexity index is 1140. The number of anilines is 1. The molecular formula is C24H25N5OS. The molecule has 6 nitrogen and oxygen atoms in total. The van der Waals surface area contributed by atoms with Gasteiger partial charge in [0.15, 0.2) is 5.82 Å². The molecule has 1 aliphatic rings. The summed E-state index contributed by atoms with van der Waals surface area (Å²) < 4.78 is 0. The number of hydrogen-bond acceptors (Lipinski definition) is 5. The van der Waals surface area contributed by atoms with E-state index in [9.17, 15) is 4.79 Å². The minimum absolute atomic E-state index is 0.0672. The molecule has 1 fully saturated rings. The van der Waals surface area contributed by atoms with Crippen LogP contribution in [0.25, 0.3) is 21.5 Å². The highest BCUT2D eigenvalue weighted by Gasteiger charge is 2.25. The fraction of sp³-hybridized carbons (Fsp3) is 0.292. The molecule has 4 aromatic rings. The number of rotatable bonds is 6. The van der Waals surface area contributed by atoms with Crippen molar-refractivity contribution < 1.29 is 4.79 Å². The maximum Gasteiger partial charge on any atom is 0.223 e. The van der Waals surface area contributed by atoms with Gasteiger partial charge in [0.1, 0.15) is 5.69 Å². The van der Waals surface area contributed by atoms with Gasteiger partial charge in [-0.3, -0.25) is 4.79 Å². The Morgan fingerprint density at radius 3 is 2.74 bits per heavy atom. The number of nitrogens with zero attached hydrogens (tertiary/aromatic N) is 3. The third kappa shape index (κ3) is 4.32. The van der Waals surface area contributed by atoms with Crippen LogP contribution in [0.4, 0.5) is 5.82 Å². The first-order valence-corrected chi connectivity index (χ1v) is 11.6. The predicted molar refractivity (Wildman–Crippen MR) is 125 cm³/mol. The van der Waals surface area contributed by atoms with Gasteiger partial charge >= 0.3 is 0 Å². The second-order valence-electron chi connectivity index (χ2n) is 7.92. The van der Waals surface area contributed by atoms with E-state index in [0.717, 1.165) is 54.3 Å². The SMILES string of the molecule is O=C(NCCc1c[nH]c2ccccc12)C1CCN(c2ccc(-c3cccs3)nn2)CC1. The number of piperidine rings is 1. The molecule has 4 heterocycles. The number of benzene rings is 1. The number of fused-ring (bicyclic) bond motifs is 1.